The van der Waals surface area contributed by atoms with Gasteiger partial charge in [0.05, 0.1) is 28.6 Å². The van der Waals surface area contributed by atoms with E-state index < -0.39 is 0 Å². The van der Waals surface area contributed by atoms with Gasteiger partial charge in [0.25, 0.3) is 5.56 Å². The lowest BCUT2D eigenvalue weighted by Gasteiger charge is -1.99. The highest BCUT2D eigenvalue weighted by Gasteiger charge is 2.10. The standard InChI is InChI=1S/C17H11ClN4O/c18-13-5-7-14(8-6-13)20-10-15-16(21-22-17(15)23)12-3-1-11(9-19)2-4-12/h1-8,10H,(H2,21,22,23). The molecule has 0 atom stereocenters. The number of nitrogens with zero attached hydrogens (tertiary/aromatic N) is 2. The molecule has 1 aromatic heterocycles. The number of nitriles is 1. The molecule has 1 heterocycles. The monoisotopic (exact) mass is 322 g/mol. The summed E-state index contributed by atoms with van der Waals surface area (Å²) in [6.45, 7) is 0. The van der Waals surface area contributed by atoms with Crippen molar-refractivity contribution in [2.45, 2.75) is 0 Å². The number of aromatic amines is 2. The molecular formula is C17H11ClN4O. The van der Waals surface area contributed by atoms with Gasteiger partial charge in [0.2, 0.25) is 0 Å². The molecule has 112 valence electrons. The minimum absolute atomic E-state index is 0.262. The van der Waals surface area contributed by atoms with Crippen LogP contribution >= 0.6 is 11.6 Å². The molecule has 0 saturated carbocycles. The van der Waals surface area contributed by atoms with E-state index in [4.69, 9.17) is 16.9 Å². The Labute approximate surface area is 136 Å². The van der Waals surface area contributed by atoms with Crippen molar-refractivity contribution in [1.29, 1.82) is 5.26 Å². The van der Waals surface area contributed by atoms with Crippen LogP contribution in [0.15, 0.2) is 58.3 Å². The van der Waals surface area contributed by atoms with Crippen LogP contribution in [0.4, 0.5) is 5.69 Å². The quantitative estimate of drug-likeness (QED) is 0.721. The smallest absolute Gasteiger partial charge is 0.273 e. The van der Waals surface area contributed by atoms with Gasteiger partial charge in [-0.25, -0.2) is 0 Å². The number of benzene rings is 2. The van der Waals surface area contributed by atoms with E-state index in [1.54, 1.807) is 48.5 Å². The van der Waals surface area contributed by atoms with E-state index in [0.717, 1.165) is 5.56 Å². The molecule has 0 radical (unpaired) electrons. The molecule has 0 aliphatic heterocycles. The molecule has 3 rings (SSSR count). The average Bonchev–Trinajstić information content (AvgIpc) is 2.95. The maximum Gasteiger partial charge on any atom is 0.273 e. The van der Waals surface area contributed by atoms with Gasteiger partial charge < -0.3 is 0 Å². The van der Waals surface area contributed by atoms with Crippen molar-refractivity contribution >= 4 is 23.5 Å². The summed E-state index contributed by atoms with van der Waals surface area (Å²) in [6, 6.07) is 16.0. The Hall–Kier alpha value is -3.10. The second-order valence-electron chi connectivity index (χ2n) is 4.79. The maximum atomic E-state index is 12.0. The first kappa shape index (κ1) is 14.8. The number of aliphatic imine (C=N–C) groups is 1. The summed E-state index contributed by atoms with van der Waals surface area (Å²) >= 11 is 5.83. The second-order valence-corrected chi connectivity index (χ2v) is 5.23. The lowest BCUT2D eigenvalue weighted by atomic mass is 10.1. The molecule has 0 bridgehead atoms. The Morgan fingerprint density at radius 3 is 2.39 bits per heavy atom. The highest BCUT2D eigenvalue weighted by atomic mass is 35.5. The van der Waals surface area contributed by atoms with E-state index in [1.807, 2.05) is 0 Å². The zero-order valence-electron chi connectivity index (χ0n) is 11.9. The van der Waals surface area contributed by atoms with Gasteiger partial charge in [-0.2, -0.15) is 5.26 Å². The van der Waals surface area contributed by atoms with Gasteiger partial charge in [-0.15, -0.1) is 0 Å². The van der Waals surface area contributed by atoms with E-state index in [0.29, 0.717) is 27.5 Å². The van der Waals surface area contributed by atoms with Crippen molar-refractivity contribution in [3.05, 3.63) is 75.0 Å². The van der Waals surface area contributed by atoms with Crippen LogP contribution in [0.1, 0.15) is 11.1 Å². The summed E-state index contributed by atoms with van der Waals surface area (Å²) < 4.78 is 0. The third kappa shape index (κ3) is 3.23. The van der Waals surface area contributed by atoms with Crippen LogP contribution < -0.4 is 5.56 Å². The number of nitrogens with one attached hydrogen (secondary N) is 2. The van der Waals surface area contributed by atoms with Gasteiger partial charge >= 0.3 is 0 Å². The normalized spacial score (nSPS) is 10.8. The molecular weight excluding hydrogens is 312 g/mol. The van der Waals surface area contributed by atoms with Gasteiger partial charge in [-0.3, -0.25) is 20.0 Å². The summed E-state index contributed by atoms with van der Waals surface area (Å²) in [5, 5.41) is 14.9. The van der Waals surface area contributed by atoms with Crippen LogP contribution in [0.25, 0.3) is 11.3 Å². The van der Waals surface area contributed by atoms with Crippen molar-refractivity contribution in [2.24, 2.45) is 4.99 Å². The Balaban J connectivity index is 1.97. The van der Waals surface area contributed by atoms with E-state index in [1.165, 1.54) is 6.21 Å². The summed E-state index contributed by atoms with van der Waals surface area (Å²) in [4.78, 5) is 16.3. The number of rotatable bonds is 3. The molecule has 0 amide bonds. The first-order chi connectivity index (χ1) is 11.2. The van der Waals surface area contributed by atoms with Crippen LogP contribution in [-0.4, -0.2) is 16.4 Å². The molecule has 0 aliphatic carbocycles. The maximum absolute atomic E-state index is 12.0. The summed E-state index contributed by atoms with van der Waals surface area (Å²) in [5.74, 6) is 0. The molecule has 6 heteroatoms. The molecule has 0 aliphatic rings. The number of aromatic nitrogens is 2. The van der Waals surface area contributed by atoms with Gasteiger partial charge in [0.15, 0.2) is 0 Å². The summed E-state index contributed by atoms with van der Waals surface area (Å²) in [5.41, 5.74) is 2.83. The molecule has 23 heavy (non-hydrogen) atoms. The van der Waals surface area contributed by atoms with Crippen molar-refractivity contribution in [1.82, 2.24) is 10.2 Å². The molecule has 0 saturated heterocycles. The highest BCUT2D eigenvalue weighted by molar-refractivity contribution is 6.30. The number of halogens is 1. The van der Waals surface area contributed by atoms with Crippen LogP contribution in [-0.2, 0) is 0 Å². The van der Waals surface area contributed by atoms with Crippen LogP contribution in [0.5, 0.6) is 0 Å². The fraction of sp³-hybridized carbons (Fsp3) is 0. The SMILES string of the molecule is N#Cc1ccc(-c2[nH][nH]c(=O)c2C=Nc2ccc(Cl)cc2)cc1. The fourth-order valence-electron chi connectivity index (χ4n) is 2.10. The third-order valence-corrected chi connectivity index (χ3v) is 3.54. The van der Waals surface area contributed by atoms with Crippen molar-refractivity contribution in [3.8, 4) is 17.3 Å². The molecule has 2 N–H and O–H groups in total. The predicted octanol–water partition coefficient (Wildman–Crippen LogP) is 3.65. The first-order valence-corrected chi connectivity index (χ1v) is 7.16. The first-order valence-electron chi connectivity index (χ1n) is 6.78. The fourth-order valence-corrected chi connectivity index (χ4v) is 2.22. The number of hydrogen-bond acceptors (Lipinski definition) is 3. The Bertz CT molecular complexity index is 944. The van der Waals surface area contributed by atoms with Gasteiger partial charge in [-0.05, 0) is 36.4 Å². The molecule has 3 aromatic rings. The highest BCUT2D eigenvalue weighted by Crippen LogP contribution is 2.20. The zero-order chi connectivity index (χ0) is 16.2. The summed E-state index contributed by atoms with van der Waals surface area (Å²) in [7, 11) is 0. The second kappa shape index (κ2) is 6.34. The zero-order valence-corrected chi connectivity index (χ0v) is 12.6. The van der Waals surface area contributed by atoms with E-state index in [9.17, 15) is 4.79 Å². The Kier molecular flexibility index (Phi) is 4.09. The minimum Gasteiger partial charge on any atom is -0.297 e. The predicted molar refractivity (Wildman–Crippen MR) is 90.3 cm³/mol. The van der Waals surface area contributed by atoms with E-state index in [2.05, 4.69) is 21.3 Å². The lowest BCUT2D eigenvalue weighted by molar-refractivity contribution is 1.06. The molecule has 0 fully saturated rings. The van der Waals surface area contributed by atoms with Crippen molar-refractivity contribution in [2.75, 3.05) is 0 Å². The molecule has 2 aromatic carbocycles. The van der Waals surface area contributed by atoms with Crippen LogP contribution in [0.3, 0.4) is 0 Å². The molecule has 5 nitrogen and oxygen atoms in total. The Morgan fingerprint density at radius 2 is 1.74 bits per heavy atom. The van der Waals surface area contributed by atoms with Crippen LogP contribution in [0.2, 0.25) is 5.02 Å². The lowest BCUT2D eigenvalue weighted by Crippen LogP contribution is -2.05. The summed E-state index contributed by atoms with van der Waals surface area (Å²) in [6.07, 6.45) is 1.51. The third-order valence-electron chi connectivity index (χ3n) is 3.29. The number of H-pyrrole nitrogens is 2. The molecule has 0 spiro atoms. The van der Waals surface area contributed by atoms with E-state index >= 15 is 0 Å². The Morgan fingerprint density at radius 1 is 1.04 bits per heavy atom. The van der Waals surface area contributed by atoms with Gasteiger partial charge in [0.1, 0.15) is 0 Å². The minimum atomic E-state index is -0.262. The largest absolute Gasteiger partial charge is 0.297 e. The average molecular weight is 323 g/mol. The topological polar surface area (TPSA) is 84.8 Å². The van der Waals surface area contributed by atoms with Crippen molar-refractivity contribution in [3.63, 3.8) is 0 Å². The van der Waals surface area contributed by atoms with E-state index in [-0.39, 0.29) is 5.56 Å². The van der Waals surface area contributed by atoms with Crippen molar-refractivity contribution < 1.29 is 0 Å². The van der Waals surface area contributed by atoms with Gasteiger partial charge in [-0.1, -0.05) is 23.7 Å². The number of hydrogen-bond donors (Lipinski definition) is 2. The van der Waals surface area contributed by atoms with Gasteiger partial charge in [0, 0.05) is 16.8 Å². The van der Waals surface area contributed by atoms with Crippen LogP contribution in [0, 0.1) is 11.3 Å². The molecule has 0 unspecified atom stereocenters.